The van der Waals surface area contributed by atoms with Gasteiger partial charge in [-0.3, -0.25) is 9.89 Å². The van der Waals surface area contributed by atoms with Crippen molar-refractivity contribution in [3.63, 3.8) is 0 Å². The summed E-state index contributed by atoms with van der Waals surface area (Å²) in [7, 11) is 1.80. The molecule has 2 aromatic rings. The number of aromatic amines is 1. The van der Waals surface area contributed by atoms with E-state index in [1.54, 1.807) is 25.5 Å². The molecule has 94 valence electrons. The Balaban J connectivity index is 1.97. The zero-order valence-electron chi connectivity index (χ0n) is 10.3. The molecule has 1 amide bonds. The molecule has 0 aliphatic carbocycles. The SMILES string of the molecule is CNc1ccc(C(=O)NCc2cn[nH]c2C)nc1. The highest BCUT2D eigenvalue weighted by atomic mass is 16.1. The lowest BCUT2D eigenvalue weighted by Crippen LogP contribution is -2.23. The van der Waals surface area contributed by atoms with Crippen LogP contribution in [-0.4, -0.2) is 28.1 Å². The summed E-state index contributed by atoms with van der Waals surface area (Å²) in [4.78, 5) is 15.9. The summed E-state index contributed by atoms with van der Waals surface area (Å²) in [5, 5.41) is 12.5. The number of aryl methyl sites for hydroxylation is 1. The fraction of sp³-hybridized carbons (Fsp3) is 0.250. The second-order valence-electron chi connectivity index (χ2n) is 3.89. The number of rotatable bonds is 4. The fourth-order valence-electron chi connectivity index (χ4n) is 1.50. The third-order valence-corrected chi connectivity index (χ3v) is 2.66. The summed E-state index contributed by atoms with van der Waals surface area (Å²) in [6.07, 6.45) is 3.32. The van der Waals surface area contributed by atoms with E-state index >= 15 is 0 Å². The van der Waals surface area contributed by atoms with E-state index in [0.717, 1.165) is 16.9 Å². The predicted octanol–water partition coefficient (Wildman–Crippen LogP) is 1.08. The van der Waals surface area contributed by atoms with Crippen LogP contribution in [0.1, 0.15) is 21.7 Å². The van der Waals surface area contributed by atoms with Crippen LogP contribution in [-0.2, 0) is 6.54 Å². The molecule has 0 radical (unpaired) electrons. The monoisotopic (exact) mass is 245 g/mol. The highest BCUT2D eigenvalue weighted by Crippen LogP contribution is 2.06. The van der Waals surface area contributed by atoms with Gasteiger partial charge in [0.2, 0.25) is 0 Å². The molecule has 18 heavy (non-hydrogen) atoms. The third-order valence-electron chi connectivity index (χ3n) is 2.66. The van der Waals surface area contributed by atoms with Crippen molar-refractivity contribution in [1.82, 2.24) is 20.5 Å². The van der Waals surface area contributed by atoms with E-state index in [4.69, 9.17) is 0 Å². The molecule has 0 aliphatic heterocycles. The standard InChI is InChI=1S/C12H15N5O/c1-8-9(6-16-17-8)5-15-12(18)11-4-3-10(13-2)7-14-11/h3-4,6-7,13H,5H2,1-2H3,(H,15,18)(H,16,17). The number of carbonyl (C=O) groups is 1. The van der Waals surface area contributed by atoms with Gasteiger partial charge >= 0.3 is 0 Å². The van der Waals surface area contributed by atoms with E-state index in [9.17, 15) is 4.79 Å². The summed E-state index contributed by atoms with van der Waals surface area (Å²) in [5.41, 5.74) is 3.19. The minimum atomic E-state index is -0.196. The van der Waals surface area contributed by atoms with Gasteiger partial charge in [0, 0.05) is 24.8 Å². The van der Waals surface area contributed by atoms with Crippen molar-refractivity contribution in [2.75, 3.05) is 12.4 Å². The third kappa shape index (κ3) is 2.65. The van der Waals surface area contributed by atoms with Crippen molar-refractivity contribution in [2.24, 2.45) is 0 Å². The molecule has 0 fully saturated rings. The Hall–Kier alpha value is -2.37. The predicted molar refractivity (Wildman–Crippen MR) is 68.3 cm³/mol. The largest absolute Gasteiger partial charge is 0.387 e. The highest BCUT2D eigenvalue weighted by molar-refractivity contribution is 5.92. The summed E-state index contributed by atoms with van der Waals surface area (Å²) in [6, 6.07) is 3.49. The van der Waals surface area contributed by atoms with Crippen LogP contribution in [0, 0.1) is 6.92 Å². The summed E-state index contributed by atoms with van der Waals surface area (Å²) in [5.74, 6) is -0.196. The highest BCUT2D eigenvalue weighted by Gasteiger charge is 2.08. The Kier molecular flexibility index (Phi) is 3.57. The van der Waals surface area contributed by atoms with Crippen molar-refractivity contribution >= 4 is 11.6 Å². The number of anilines is 1. The lowest BCUT2D eigenvalue weighted by molar-refractivity contribution is 0.0946. The number of hydrogen-bond acceptors (Lipinski definition) is 4. The molecule has 0 unspecified atom stereocenters. The Morgan fingerprint density at radius 2 is 2.22 bits per heavy atom. The molecular formula is C12H15N5O. The maximum Gasteiger partial charge on any atom is 0.270 e. The van der Waals surface area contributed by atoms with Gasteiger partial charge in [-0.05, 0) is 19.1 Å². The minimum Gasteiger partial charge on any atom is -0.387 e. The van der Waals surface area contributed by atoms with E-state index in [1.165, 1.54) is 0 Å². The first kappa shape index (κ1) is 12.1. The normalized spacial score (nSPS) is 10.1. The Morgan fingerprint density at radius 3 is 2.78 bits per heavy atom. The molecule has 0 bridgehead atoms. The quantitative estimate of drug-likeness (QED) is 0.753. The van der Waals surface area contributed by atoms with Gasteiger partial charge in [-0.1, -0.05) is 0 Å². The van der Waals surface area contributed by atoms with Crippen LogP contribution in [0.5, 0.6) is 0 Å². The van der Waals surface area contributed by atoms with E-state index in [1.807, 2.05) is 13.0 Å². The van der Waals surface area contributed by atoms with E-state index in [-0.39, 0.29) is 5.91 Å². The van der Waals surface area contributed by atoms with E-state index < -0.39 is 0 Å². The second-order valence-corrected chi connectivity index (χ2v) is 3.89. The maximum absolute atomic E-state index is 11.8. The molecule has 3 N–H and O–H groups in total. The number of amides is 1. The molecule has 0 saturated heterocycles. The van der Waals surface area contributed by atoms with Gasteiger partial charge in [-0.15, -0.1) is 0 Å². The number of H-pyrrole nitrogens is 1. The van der Waals surface area contributed by atoms with Crippen LogP contribution in [0.15, 0.2) is 24.5 Å². The minimum absolute atomic E-state index is 0.196. The van der Waals surface area contributed by atoms with Crippen molar-refractivity contribution in [2.45, 2.75) is 13.5 Å². The summed E-state index contributed by atoms with van der Waals surface area (Å²) in [6.45, 7) is 2.35. The van der Waals surface area contributed by atoms with Crippen LogP contribution >= 0.6 is 0 Å². The average molecular weight is 245 g/mol. The van der Waals surface area contributed by atoms with Gasteiger partial charge in [0.15, 0.2) is 0 Å². The maximum atomic E-state index is 11.8. The average Bonchev–Trinajstić information content (AvgIpc) is 2.81. The van der Waals surface area contributed by atoms with Gasteiger partial charge in [-0.25, -0.2) is 4.98 Å². The first-order chi connectivity index (χ1) is 8.70. The van der Waals surface area contributed by atoms with Gasteiger partial charge in [0.25, 0.3) is 5.91 Å². The molecule has 2 aromatic heterocycles. The molecule has 6 heteroatoms. The Bertz CT molecular complexity index is 532. The van der Waals surface area contributed by atoms with E-state index in [2.05, 4.69) is 25.8 Å². The van der Waals surface area contributed by atoms with Crippen LogP contribution in [0.25, 0.3) is 0 Å². The Labute approximate surface area is 105 Å². The van der Waals surface area contributed by atoms with Crippen molar-refractivity contribution in [3.8, 4) is 0 Å². The second kappa shape index (κ2) is 5.31. The van der Waals surface area contributed by atoms with Crippen LogP contribution < -0.4 is 10.6 Å². The number of pyridine rings is 1. The number of nitrogens with one attached hydrogen (secondary N) is 3. The molecule has 2 rings (SSSR count). The molecule has 0 aromatic carbocycles. The van der Waals surface area contributed by atoms with Gasteiger partial charge in [-0.2, -0.15) is 5.10 Å². The van der Waals surface area contributed by atoms with Gasteiger partial charge < -0.3 is 10.6 Å². The lowest BCUT2D eigenvalue weighted by atomic mass is 10.2. The smallest absolute Gasteiger partial charge is 0.270 e. The molecule has 0 atom stereocenters. The molecule has 0 spiro atoms. The number of hydrogen-bond donors (Lipinski definition) is 3. The fourth-order valence-corrected chi connectivity index (χ4v) is 1.50. The number of aromatic nitrogens is 3. The first-order valence-corrected chi connectivity index (χ1v) is 5.61. The molecule has 6 nitrogen and oxygen atoms in total. The number of carbonyl (C=O) groups excluding carboxylic acids is 1. The lowest BCUT2D eigenvalue weighted by Gasteiger charge is -2.04. The van der Waals surface area contributed by atoms with Crippen LogP contribution in [0.2, 0.25) is 0 Å². The first-order valence-electron chi connectivity index (χ1n) is 5.61. The zero-order valence-corrected chi connectivity index (χ0v) is 10.3. The van der Waals surface area contributed by atoms with Gasteiger partial charge in [0.05, 0.1) is 18.1 Å². The summed E-state index contributed by atoms with van der Waals surface area (Å²) < 4.78 is 0. The molecule has 2 heterocycles. The number of nitrogens with zero attached hydrogens (tertiary/aromatic N) is 2. The molecular weight excluding hydrogens is 230 g/mol. The van der Waals surface area contributed by atoms with E-state index in [0.29, 0.717) is 12.2 Å². The van der Waals surface area contributed by atoms with Crippen LogP contribution in [0.4, 0.5) is 5.69 Å². The van der Waals surface area contributed by atoms with Crippen LogP contribution in [0.3, 0.4) is 0 Å². The van der Waals surface area contributed by atoms with Crippen molar-refractivity contribution in [3.05, 3.63) is 41.5 Å². The topological polar surface area (TPSA) is 82.7 Å². The summed E-state index contributed by atoms with van der Waals surface area (Å²) >= 11 is 0. The molecule has 0 saturated carbocycles. The molecule has 0 aliphatic rings. The Morgan fingerprint density at radius 1 is 1.39 bits per heavy atom. The van der Waals surface area contributed by atoms with Crippen molar-refractivity contribution in [1.29, 1.82) is 0 Å². The van der Waals surface area contributed by atoms with Gasteiger partial charge in [0.1, 0.15) is 5.69 Å². The van der Waals surface area contributed by atoms with Crippen molar-refractivity contribution < 1.29 is 4.79 Å². The zero-order chi connectivity index (χ0) is 13.0.